The molecule has 5 aliphatic rings. The van der Waals surface area contributed by atoms with E-state index in [1.807, 2.05) is 13.0 Å². The highest BCUT2D eigenvalue weighted by Gasteiger charge is 2.72. The van der Waals surface area contributed by atoms with Crippen LogP contribution in [0.4, 0.5) is 5.69 Å². The van der Waals surface area contributed by atoms with Crippen molar-refractivity contribution in [2.45, 2.75) is 50.7 Å². The normalized spacial score (nSPS) is 37.9. The Hall–Kier alpha value is -2.91. The molecule has 1 amide bonds. The zero-order valence-corrected chi connectivity index (χ0v) is 18.2. The fourth-order valence-corrected chi connectivity index (χ4v) is 7.11. The zero-order chi connectivity index (χ0) is 23.8. The van der Waals surface area contributed by atoms with Gasteiger partial charge in [0.2, 0.25) is 5.91 Å². The van der Waals surface area contributed by atoms with E-state index in [9.17, 15) is 29.7 Å². The van der Waals surface area contributed by atoms with Gasteiger partial charge >= 0.3 is 5.97 Å². The molecule has 2 unspecified atom stereocenters. The number of hydrogen-bond donors (Lipinski definition) is 5. The lowest BCUT2D eigenvalue weighted by Gasteiger charge is -2.55. The fourth-order valence-electron chi connectivity index (χ4n) is 7.11. The van der Waals surface area contributed by atoms with Crippen LogP contribution >= 0.6 is 0 Å². The van der Waals surface area contributed by atoms with E-state index in [2.05, 4.69) is 5.32 Å². The Bertz CT molecular complexity index is 1100. The van der Waals surface area contributed by atoms with Gasteiger partial charge in [-0.15, -0.1) is 0 Å². The van der Waals surface area contributed by atoms with Gasteiger partial charge in [-0.1, -0.05) is 13.0 Å². The third-order valence-electron chi connectivity index (χ3n) is 8.50. The number of hydrogen-bond acceptors (Lipinski definition) is 7. The average Bonchev–Trinajstić information content (AvgIpc) is 3.17. The topological polar surface area (TPSA) is 153 Å². The molecule has 6 atom stereocenters. The minimum Gasteiger partial charge on any atom is -0.506 e. The quantitative estimate of drug-likeness (QED) is 0.408. The lowest BCUT2D eigenvalue weighted by Crippen LogP contribution is -2.57. The summed E-state index contributed by atoms with van der Waals surface area (Å²) in [5.41, 5.74) is -2.44. The minimum absolute atomic E-state index is 0.0358. The van der Waals surface area contributed by atoms with Crippen LogP contribution in [-0.4, -0.2) is 56.4 Å². The molecule has 1 aromatic carbocycles. The van der Waals surface area contributed by atoms with Gasteiger partial charge in [0.1, 0.15) is 17.0 Å². The van der Waals surface area contributed by atoms with Gasteiger partial charge in [-0.3, -0.25) is 9.59 Å². The number of carboxylic acid groups (broad SMARTS) is 1. The van der Waals surface area contributed by atoms with Crippen molar-refractivity contribution >= 4 is 23.3 Å². The molecule has 2 saturated heterocycles. The predicted molar refractivity (Wildman–Crippen MR) is 115 cm³/mol. The smallest absolute Gasteiger partial charge is 0.339 e. The van der Waals surface area contributed by atoms with Crippen molar-refractivity contribution in [1.82, 2.24) is 0 Å². The van der Waals surface area contributed by atoms with Gasteiger partial charge in [0.25, 0.3) is 0 Å². The number of phenols is 2. The van der Waals surface area contributed by atoms with Gasteiger partial charge in [-0.05, 0) is 55.2 Å². The molecule has 2 heterocycles. The van der Waals surface area contributed by atoms with E-state index >= 15 is 0 Å². The van der Waals surface area contributed by atoms with Gasteiger partial charge in [-0.25, -0.2) is 4.79 Å². The highest BCUT2D eigenvalue weighted by molar-refractivity contribution is 6.00. The van der Waals surface area contributed by atoms with Crippen LogP contribution in [-0.2, 0) is 14.3 Å². The number of anilines is 1. The Morgan fingerprint density at radius 1 is 1.27 bits per heavy atom. The molecule has 0 aromatic heterocycles. The molecule has 176 valence electrons. The maximum Gasteiger partial charge on any atom is 0.339 e. The van der Waals surface area contributed by atoms with E-state index < -0.39 is 40.0 Å². The van der Waals surface area contributed by atoms with Gasteiger partial charge in [0.05, 0.1) is 18.3 Å². The number of ether oxygens (including phenoxy) is 1. The largest absolute Gasteiger partial charge is 0.506 e. The van der Waals surface area contributed by atoms with Crippen molar-refractivity contribution in [3.8, 4) is 11.5 Å². The van der Waals surface area contributed by atoms with Crippen molar-refractivity contribution in [2.75, 3.05) is 11.9 Å². The number of allylic oxidation sites excluding steroid dienone is 2. The fraction of sp³-hybridized carbons (Fsp3) is 0.542. The number of carboxylic acids is 1. The average molecular weight is 457 g/mol. The van der Waals surface area contributed by atoms with Crippen molar-refractivity contribution in [3.05, 3.63) is 29.8 Å². The number of carbonyl (C=O) groups is 3. The van der Waals surface area contributed by atoms with Crippen molar-refractivity contribution in [3.63, 3.8) is 0 Å². The van der Waals surface area contributed by atoms with E-state index in [0.717, 1.165) is 25.0 Å². The van der Waals surface area contributed by atoms with Gasteiger partial charge in [0, 0.05) is 17.8 Å². The number of rotatable bonds is 6. The van der Waals surface area contributed by atoms with Crippen molar-refractivity contribution < 1.29 is 39.5 Å². The van der Waals surface area contributed by atoms with Crippen LogP contribution in [0.1, 0.15) is 49.4 Å². The van der Waals surface area contributed by atoms with Crippen LogP contribution in [0.2, 0.25) is 0 Å². The molecule has 1 spiro atoms. The Morgan fingerprint density at radius 3 is 2.70 bits per heavy atom. The molecule has 2 saturated carbocycles. The number of aliphatic hydroxyl groups excluding tert-OH is 1. The number of nitrogens with one attached hydrogen (secondary N) is 1. The summed E-state index contributed by atoms with van der Waals surface area (Å²) in [7, 11) is 0. The minimum atomic E-state index is -1.40. The first-order valence-corrected chi connectivity index (χ1v) is 11.2. The maximum absolute atomic E-state index is 13.1. The van der Waals surface area contributed by atoms with Crippen LogP contribution in [0.15, 0.2) is 24.3 Å². The van der Waals surface area contributed by atoms with Crippen LogP contribution in [0, 0.1) is 22.7 Å². The molecular weight excluding hydrogens is 430 g/mol. The van der Waals surface area contributed by atoms with E-state index in [4.69, 9.17) is 9.84 Å². The highest BCUT2D eigenvalue weighted by atomic mass is 16.5. The Kier molecular flexibility index (Phi) is 4.68. The molecule has 4 fully saturated rings. The number of ketones is 1. The number of carbonyl (C=O) groups excluding carboxylic acids is 2. The highest BCUT2D eigenvalue weighted by Crippen LogP contribution is 2.71. The molecule has 0 radical (unpaired) electrons. The summed E-state index contributed by atoms with van der Waals surface area (Å²) in [4.78, 5) is 37.0. The Morgan fingerprint density at radius 2 is 2.03 bits per heavy atom. The molecule has 2 aliphatic heterocycles. The summed E-state index contributed by atoms with van der Waals surface area (Å²) in [6.45, 7) is 1.82. The van der Waals surface area contributed by atoms with Crippen LogP contribution in [0.25, 0.3) is 0 Å². The summed E-state index contributed by atoms with van der Waals surface area (Å²) >= 11 is 0. The number of benzene rings is 1. The lowest BCUT2D eigenvalue weighted by atomic mass is 9.51. The summed E-state index contributed by atoms with van der Waals surface area (Å²) in [5, 5.41) is 41.7. The molecule has 5 N–H and O–H groups in total. The van der Waals surface area contributed by atoms with Gasteiger partial charge < -0.3 is 30.5 Å². The first-order valence-electron chi connectivity index (χ1n) is 11.2. The third kappa shape index (κ3) is 2.95. The second-order valence-corrected chi connectivity index (χ2v) is 10.2. The van der Waals surface area contributed by atoms with Crippen molar-refractivity contribution in [2.24, 2.45) is 22.7 Å². The molecular formula is C24H27NO8. The van der Waals surface area contributed by atoms with Gasteiger partial charge in [-0.2, -0.15) is 0 Å². The summed E-state index contributed by atoms with van der Waals surface area (Å²) in [5.74, 6) is -3.05. The van der Waals surface area contributed by atoms with Crippen LogP contribution < -0.4 is 5.32 Å². The Balaban J connectivity index is 1.36. The number of aromatic carboxylic acids is 1. The number of aliphatic hydroxyl groups is 1. The maximum atomic E-state index is 13.1. The van der Waals surface area contributed by atoms with Gasteiger partial charge in [0.15, 0.2) is 11.5 Å². The number of phenolic OH excluding ortho intramolecular Hbond substituents is 1. The summed E-state index contributed by atoms with van der Waals surface area (Å²) < 4.78 is 6.31. The predicted octanol–water partition coefficient (Wildman–Crippen LogP) is 2.21. The second kappa shape index (κ2) is 7.04. The molecule has 6 rings (SSSR count). The van der Waals surface area contributed by atoms with E-state index in [-0.39, 0.29) is 54.3 Å². The number of amides is 1. The molecule has 1 aromatic rings. The molecule has 3 aliphatic carbocycles. The summed E-state index contributed by atoms with van der Waals surface area (Å²) in [6, 6.07) is 2.12. The van der Waals surface area contributed by atoms with Crippen LogP contribution in [0.5, 0.6) is 11.5 Å². The standard InChI is InChI=1S/C24H27NO8/c1-22(6-5-17(29)25-18-14(27)3-2-13(19(18)30)21(31)32)16(28)4-7-23-9-12-8-15(20(22)23)33-24(12,10-23)11-26/h2-4,7,12,15,20,26-27,30H,5-6,8-11H2,1H3,(H,25,29)(H,31,32)/t12?,15-,20?,22+,23-,24+/m0/s1. The molecule has 33 heavy (non-hydrogen) atoms. The first kappa shape index (κ1) is 21.9. The first-order chi connectivity index (χ1) is 15.5. The Labute approximate surface area is 190 Å². The molecule has 9 nitrogen and oxygen atoms in total. The van der Waals surface area contributed by atoms with Crippen molar-refractivity contribution in [1.29, 1.82) is 0 Å². The lowest BCUT2D eigenvalue weighted by molar-refractivity contribution is -0.181. The second-order valence-electron chi connectivity index (χ2n) is 10.2. The number of aromatic hydroxyl groups is 2. The monoisotopic (exact) mass is 457 g/mol. The SMILES string of the molecule is C[C@@]1(CCC(=O)Nc2c(O)ccc(C(=O)O)c2O)C(=O)C=C[C@]23CC4C[C@H](O[C@@]4(CO)C2)C31. The third-order valence-corrected chi connectivity index (χ3v) is 8.50. The van der Waals surface area contributed by atoms with E-state index in [1.165, 1.54) is 0 Å². The summed E-state index contributed by atoms with van der Waals surface area (Å²) in [6.07, 6.45) is 5.91. The van der Waals surface area contributed by atoms with E-state index in [0.29, 0.717) is 6.42 Å². The molecule has 9 heteroatoms. The zero-order valence-electron chi connectivity index (χ0n) is 18.2. The van der Waals surface area contributed by atoms with E-state index in [1.54, 1.807) is 6.08 Å². The van der Waals surface area contributed by atoms with Crippen LogP contribution in [0.3, 0.4) is 0 Å². The molecule has 4 bridgehead atoms.